The molecule has 2 rings (SSSR count). The molecule has 4 nitrogen and oxygen atoms in total. The molecule has 1 aromatic rings. The molecule has 0 unspecified atom stereocenters. The van der Waals surface area contributed by atoms with Gasteiger partial charge in [-0.3, -0.25) is 0 Å². The number of aromatic nitrogens is 1. The van der Waals surface area contributed by atoms with Gasteiger partial charge in [0.2, 0.25) is 0 Å². The van der Waals surface area contributed by atoms with Gasteiger partial charge in [0.1, 0.15) is 5.82 Å². The van der Waals surface area contributed by atoms with Crippen LogP contribution < -0.4 is 5.32 Å². The first-order chi connectivity index (χ1) is 8.97. The number of halogens is 3. The Bertz CT molecular complexity index is 431. The van der Waals surface area contributed by atoms with E-state index in [1.54, 1.807) is 0 Å². The Labute approximate surface area is 108 Å². The van der Waals surface area contributed by atoms with Crippen molar-refractivity contribution in [2.24, 2.45) is 0 Å². The summed E-state index contributed by atoms with van der Waals surface area (Å²) in [7, 11) is 0. The molecule has 0 aromatic carbocycles. The van der Waals surface area contributed by atoms with E-state index in [-0.39, 0.29) is 12.4 Å². The monoisotopic (exact) mass is 276 g/mol. The van der Waals surface area contributed by atoms with Crippen LogP contribution in [0.2, 0.25) is 0 Å². The van der Waals surface area contributed by atoms with E-state index in [1.165, 1.54) is 12.3 Å². The van der Waals surface area contributed by atoms with Gasteiger partial charge in [-0.2, -0.15) is 13.2 Å². The number of anilines is 1. The minimum absolute atomic E-state index is 0.244. The number of hydrogen-bond acceptors (Lipinski definition) is 4. The van der Waals surface area contributed by atoms with Crippen molar-refractivity contribution in [3.63, 3.8) is 0 Å². The highest BCUT2D eigenvalue weighted by Gasteiger charge is 2.38. The minimum atomic E-state index is -4.47. The van der Waals surface area contributed by atoms with E-state index in [2.05, 4.69) is 10.3 Å². The standard InChI is InChI=1S/C12H15F3N2O2/c13-12(14,15)9-2-1-5-16-10(9)17-11(8-18)3-6-19-7-4-11/h1-2,5,18H,3-4,6-8H2,(H,16,17). The highest BCUT2D eigenvalue weighted by Crippen LogP contribution is 2.35. The summed E-state index contributed by atoms with van der Waals surface area (Å²) in [6, 6.07) is 2.21. The molecular weight excluding hydrogens is 261 g/mol. The maximum absolute atomic E-state index is 12.9. The Morgan fingerprint density at radius 3 is 2.63 bits per heavy atom. The second-order valence-electron chi connectivity index (χ2n) is 4.57. The fourth-order valence-corrected chi connectivity index (χ4v) is 2.07. The maximum Gasteiger partial charge on any atom is 0.419 e. The Kier molecular flexibility index (Phi) is 3.96. The van der Waals surface area contributed by atoms with E-state index in [0.717, 1.165) is 6.07 Å². The summed E-state index contributed by atoms with van der Waals surface area (Å²) < 4.78 is 43.8. The van der Waals surface area contributed by atoms with Gasteiger partial charge in [0, 0.05) is 19.4 Å². The summed E-state index contributed by atoms with van der Waals surface area (Å²) >= 11 is 0. The molecule has 0 spiro atoms. The molecule has 1 aliphatic rings. The van der Waals surface area contributed by atoms with Crippen molar-refractivity contribution in [1.29, 1.82) is 0 Å². The Hall–Kier alpha value is -1.34. The van der Waals surface area contributed by atoms with Gasteiger partial charge in [0.15, 0.2) is 0 Å². The first-order valence-electron chi connectivity index (χ1n) is 5.96. The molecule has 0 amide bonds. The van der Waals surface area contributed by atoms with E-state index in [4.69, 9.17) is 4.74 Å². The van der Waals surface area contributed by atoms with Crippen molar-refractivity contribution < 1.29 is 23.0 Å². The number of pyridine rings is 1. The summed E-state index contributed by atoms with van der Waals surface area (Å²) in [6.45, 7) is 0.549. The zero-order valence-corrected chi connectivity index (χ0v) is 10.2. The fourth-order valence-electron chi connectivity index (χ4n) is 2.07. The lowest BCUT2D eigenvalue weighted by Gasteiger charge is -2.37. The molecule has 0 saturated carbocycles. The van der Waals surface area contributed by atoms with Crippen LogP contribution in [0.4, 0.5) is 19.0 Å². The predicted octanol–water partition coefficient (Wildman–Crippen LogP) is 2.05. The topological polar surface area (TPSA) is 54.4 Å². The number of aliphatic hydroxyl groups excluding tert-OH is 1. The average molecular weight is 276 g/mol. The third kappa shape index (κ3) is 3.16. The smallest absolute Gasteiger partial charge is 0.394 e. The van der Waals surface area contributed by atoms with Crippen LogP contribution in [0.25, 0.3) is 0 Å². The fraction of sp³-hybridized carbons (Fsp3) is 0.583. The van der Waals surface area contributed by atoms with E-state index in [0.29, 0.717) is 26.1 Å². The van der Waals surface area contributed by atoms with Gasteiger partial charge in [0.25, 0.3) is 0 Å². The second-order valence-corrected chi connectivity index (χ2v) is 4.57. The molecule has 1 saturated heterocycles. The Balaban J connectivity index is 2.27. The molecule has 0 radical (unpaired) electrons. The van der Waals surface area contributed by atoms with Gasteiger partial charge < -0.3 is 15.2 Å². The third-order valence-electron chi connectivity index (χ3n) is 3.25. The molecule has 2 N–H and O–H groups in total. The molecule has 0 aliphatic carbocycles. The van der Waals surface area contributed by atoms with Gasteiger partial charge in [-0.05, 0) is 25.0 Å². The number of ether oxygens (including phenoxy) is 1. The molecule has 1 aromatic heterocycles. The molecule has 0 bridgehead atoms. The molecule has 1 aliphatic heterocycles. The van der Waals surface area contributed by atoms with Crippen molar-refractivity contribution in [3.05, 3.63) is 23.9 Å². The van der Waals surface area contributed by atoms with Crippen molar-refractivity contribution in [1.82, 2.24) is 4.98 Å². The molecule has 0 atom stereocenters. The lowest BCUT2D eigenvalue weighted by molar-refractivity contribution is -0.137. The van der Waals surface area contributed by atoms with Gasteiger partial charge >= 0.3 is 6.18 Å². The van der Waals surface area contributed by atoms with Gasteiger partial charge in [0.05, 0.1) is 17.7 Å². The second kappa shape index (κ2) is 5.34. The zero-order valence-electron chi connectivity index (χ0n) is 10.2. The largest absolute Gasteiger partial charge is 0.419 e. The average Bonchev–Trinajstić information content (AvgIpc) is 2.39. The highest BCUT2D eigenvalue weighted by molar-refractivity contribution is 5.47. The Morgan fingerprint density at radius 2 is 2.05 bits per heavy atom. The summed E-state index contributed by atoms with van der Waals surface area (Å²) in [5.74, 6) is -0.244. The van der Waals surface area contributed by atoms with E-state index in [1.807, 2.05) is 0 Å². The number of rotatable bonds is 3. The molecular formula is C12H15F3N2O2. The quantitative estimate of drug-likeness (QED) is 0.887. The predicted molar refractivity (Wildman–Crippen MR) is 62.7 cm³/mol. The normalized spacial score (nSPS) is 19.2. The molecule has 2 heterocycles. The van der Waals surface area contributed by atoms with Crippen LogP contribution in [0.1, 0.15) is 18.4 Å². The summed E-state index contributed by atoms with van der Waals surface area (Å²) in [4.78, 5) is 3.75. The van der Waals surface area contributed by atoms with Crippen molar-refractivity contribution in [2.45, 2.75) is 24.6 Å². The molecule has 19 heavy (non-hydrogen) atoms. The van der Waals surface area contributed by atoms with Crippen molar-refractivity contribution in [3.8, 4) is 0 Å². The minimum Gasteiger partial charge on any atom is -0.394 e. The molecule has 1 fully saturated rings. The van der Waals surface area contributed by atoms with E-state index < -0.39 is 17.3 Å². The lowest BCUT2D eigenvalue weighted by atomic mass is 9.90. The summed E-state index contributed by atoms with van der Waals surface area (Å²) in [5.41, 5.74) is -1.62. The van der Waals surface area contributed by atoms with Crippen LogP contribution in [0.3, 0.4) is 0 Å². The van der Waals surface area contributed by atoms with Crippen LogP contribution in [0, 0.1) is 0 Å². The van der Waals surface area contributed by atoms with Crippen LogP contribution in [-0.2, 0) is 10.9 Å². The van der Waals surface area contributed by atoms with Crippen LogP contribution >= 0.6 is 0 Å². The number of aliphatic hydroxyl groups is 1. The lowest BCUT2D eigenvalue weighted by Crippen LogP contribution is -2.47. The third-order valence-corrected chi connectivity index (χ3v) is 3.25. The SMILES string of the molecule is OCC1(Nc2ncccc2C(F)(F)F)CCOCC1. The van der Waals surface area contributed by atoms with E-state index >= 15 is 0 Å². The van der Waals surface area contributed by atoms with Gasteiger partial charge in [-0.25, -0.2) is 4.98 Å². The van der Waals surface area contributed by atoms with Crippen molar-refractivity contribution >= 4 is 5.82 Å². The Morgan fingerprint density at radius 1 is 1.37 bits per heavy atom. The van der Waals surface area contributed by atoms with Crippen LogP contribution in [-0.4, -0.2) is 35.5 Å². The van der Waals surface area contributed by atoms with E-state index in [9.17, 15) is 18.3 Å². The van der Waals surface area contributed by atoms with Crippen LogP contribution in [0.5, 0.6) is 0 Å². The maximum atomic E-state index is 12.9. The zero-order chi connectivity index (χ0) is 13.9. The first kappa shape index (κ1) is 14.1. The number of nitrogens with one attached hydrogen (secondary N) is 1. The summed E-state index contributed by atoms with van der Waals surface area (Å²) in [5, 5.41) is 12.2. The van der Waals surface area contributed by atoms with Crippen molar-refractivity contribution in [2.75, 3.05) is 25.1 Å². The molecule has 7 heteroatoms. The first-order valence-corrected chi connectivity index (χ1v) is 5.96. The number of alkyl halides is 3. The summed E-state index contributed by atoms with van der Waals surface area (Å²) in [6.07, 6.45) is -2.30. The van der Waals surface area contributed by atoms with Gasteiger partial charge in [-0.15, -0.1) is 0 Å². The highest BCUT2D eigenvalue weighted by atomic mass is 19.4. The number of nitrogens with zero attached hydrogens (tertiary/aromatic N) is 1. The molecule has 106 valence electrons. The number of hydrogen-bond donors (Lipinski definition) is 2. The van der Waals surface area contributed by atoms with Gasteiger partial charge in [-0.1, -0.05) is 0 Å². The van der Waals surface area contributed by atoms with Crippen LogP contribution in [0.15, 0.2) is 18.3 Å².